The first-order chi connectivity index (χ1) is 15.2. The van der Waals surface area contributed by atoms with Crippen molar-refractivity contribution in [3.8, 4) is 11.5 Å². The molecule has 12 heteroatoms. The van der Waals surface area contributed by atoms with Crippen LogP contribution in [0.4, 0.5) is 29.3 Å². The predicted octanol–water partition coefficient (Wildman–Crippen LogP) is 2.90. The Hall–Kier alpha value is -3.15. The highest BCUT2D eigenvalue weighted by Gasteiger charge is 2.34. The molecule has 0 bridgehead atoms. The Bertz CT molecular complexity index is 1120. The van der Waals surface area contributed by atoms with E-state index < -0.39 is 46.6 Å². The van der Waals surface area contributed by atoms with Crippen molar-refractivity contribution in [3.63, 3.8) is 0 Å². The van der Waals surface area contributed by atoms with Crippen LogP contribution in [-0.4, -0.2) is 48.1 Å². The van der Waals surface area contributed by atoms with Crippen molar-refractivity contribution < 1.29 is 32.5 Å². The fraction of sp³-hybridized carbons (Fsp3) is 0.500. The van der Waals surface area contributed by atoms with E-state index in [1.807, 2.05) is 6.92 Å². The molecule has 0 spiro atoms. The van der Waals surface area contributed by atoms with Gasteiger partial charge in [-0.2, -0.15) is 8.78 Å². The van der Waals surface area contributed by atoms with Gasteiger partial charge in [0.05, 0.1) is 22.8 Å². The first-order valence-corrected chi connectivity index (χ1v) is 10.2. The minimum Gasteiger partial charge on any atom is -0.449 e. The number of hydrogen-bond donors (Lipinski definition) is 3. The highest BCUT2D eigenvalue weighted by Crippen LogP contribution is 2.47. The zero-order valence-electron chi connectivity index (χ0n) is 17.2. The number of nitrogens with zero attached hydrogens (tertiary/aromatic N) is 2. The number of fused-ring (bicyclic) bond motifs is 1. The molecule has 4 rings (SSSR count). The lowest BCUT2D eigenvalue weighted by Gasteiger charge is -2.29. The Morgan fingerprint density at radius 1 is 1.38 bits per heavy atom. The SMILES string of the molecule is CC1CN(c2c(F)c(N)c3c(=O)c(OC(=O)O)cn(C4CC4)c3c2OC(F)F)CCCN1. The average molecular weight is 456 g/mol. The molecule has 2 aromatic rings. The van der Waals surface area contributed by atoms with E-state index in [2.05, 4.69) is 10.1 Å². The summed E-state index contributed by atoms with van der Waals surface area (Å²) in [6, 6.07) is -0.290. The second-order valence-corrected chi connectivity index (χ2v) is 7.99. The van der Waals surface area contributed by atoms with E-state index in [4.69, 9.17) is 15.6 Å². The molecular formula is C20H23F3N4O5. The predicted molar refractivity (Wildman–Crippen MR) is 110 cm³/mol. The van der Waals surface area contributed by atoms with Crippen molar-refractivity contribution >= 4 is 28.4 Å². The van der Waals surface area contributed by atoms with Crippen LogP contribution < -0.4 is 30.9 Å². The molecule has 1 saturated carbocycles. The molecular weight excluding hydrogens is 433 g/mol. The summed E-state index contributed by atoms with van der Waals surface area (Å²) in [5, 5.41) is 11.7. The molecule has 4 N–H and O–H groups in total. The standard InChI is InChI=1S/C20H23F3N4O5/c1-9-7-26(6-2-5-25-9)16-13(21)14(24)12-15(18(16)32-19(22)23)27(10-3-4-10)8-11(17(12)28)31-20(29)30/h8-10,19,25H,2-7,24H2,1H3,(H,29,30). The summed E-state index contributed by atoms with van der Waals surface area (Å²) in [5.41, 5.74) is 4.07. The Kier molecular flexibility index (Phi) is 5.80. The smallest absolute Gasteiger partial charge is 0.449 e. The lowest BCUT2D eigenvalue weighted by Crippen LogP contribution is -2.36. The fourth-order valence-corrected chi connectivity index (χ4v) is 4.14. The topological polar surface area (TPSA) is 119 Å². The highest BCUT2D eigenvalue weighted by molar-refractivity contribution is 6.01. The van der Waals surface area contributed by atoms with Crippen LogP contribution in [0.1, 0.15) is 32.2 Å². The number of alkyl halides is 2. The molecule has 1 unspecified atom stereocenters. The molecule has 0 amide bonds. The molecule has 174 valence electrons. The van der Waals surface area contributed by atoms with E-state index >= 15 is 4.39 Å². The maximum atomic E-state index is 15.6. The van der Waals surface area contributed by atoms with Crippen molar-refractivity contribution in [1.82, 2.24) is 9.88 Å². The van der Waals surface area contributed by atoms with E-state index in [0.717, 1.165) is 6.20 Å². The fourth-order valence-electron chi connectivity index (χ4n) is 4.14. The van der Waals surface area contributed by atoms with E-state index in [9.17, 15) is 18.4 Å². The summed E-state index contributed by atoms with van der Waals surface area (Å²) >= 11 is 0. The van der Waals surface area contributed by atoms with Gasteiger partial charge in [-0.15, -0.1) is 0 Å². The van der Waals surface area contributed by atoms with Gasteiger partial charge in [-0.3, -0.25) is 4.79 Å². The maximum absolute atomic E-state index is 15.6. The molecule has 0 radical (unpaired) electrons. The Balaban J connectivity index is 2.07. The molecule has 1 atom stereocenters. The van der Waals surface area contributed by atoms with Crippen LogP contribution in [0.25, 0.3) is 10.9 Å². The monoisotopic (exact) mass is 456 g/mol. The van der Waals surface area contributed by atoms with Crippen molar-refractivity contribution in [2.45, 2.75) is 44.9 Å². The number of carboxylic acid groups (broad SMARTS) is 1. The van der Waals surface area contributed by atoms with Crippen molar-refractivity contribution in [2.24, 2.45) is 0 Å². The number of anilines is 2. The summed E-state index contributed by atoms with van der Waals surface area (Å²) in [6.07, 6.45) is 1.31. The molecule has 1 aliphatic carbocycles. The van der Waals surface area contributed by atoms with Gasteiger partial charge in [0.25, 0.3) is 0 Å². The summed E-state index contributed by atoms with van der Waals surface area (Å²) in [5.74, 6) is -2.16. The number of rotatable bonds is 5. The average Bonchev–Trinajstić information content (AvgIpc) is 3.55. The number of nitrogens with two attached hydrogens (primary N) is 1. The third-order valence-corrected chi connectivity index (χ3v) is 5.60. The number of carbonyl (C=O) groups is 1. The van der Waals surface area contributed by atoms with Gasteiger partial charge < -0.3 is 35.1 Å². The summed E-state index contributed by atoms with van der Waals surface area (Å²) < 4.78 is 53.4. The van der Waals surface area contributed by atoms with Gasteiger partial charge in [0, 0.05) is 25.2 Å². The van der Waals surface area contributed by atoms with Gasteiger partial charge >= 0.3 is 12.8 Å². The Labute approximate surface area is 180 Å². The lowest BCUT2D eigenvalue weighted by molar-refractivity contribution is -0.0488. The molecule has 2 heterocycles. The van der Waals surface area contributed by atoms with Gasteiger partial charge in [0.15, 0.2) is 17.3 Å². The van der Waals surface area contributed by atoms with Gasteiger partial charge in [0.2, 0.25) is 5.43 Å². The van der Waals surface area contributed by atoms with Crippen LogP contribution in [0.2, 0.25) is 0 Å². The second-order valence-electron chi connectivity index (χ2n) is 7.99. The summed E-state index contributed by atoms with van der Waals surface area (Å²) in [4.78, 5) is 25.6. The number of hydrogen-bond acceptors (Lipinski definition) is 7. The molecule has 2 fully saturated rings. The van der Waals surface area contributed by atoms with E-state index in [1.54, 1.807) is 4.90 Å². The molecule has 1 aromatic heterocycles. The minimum absolute atomic E-state index is 0.0646. The first kappa shape index (κ1) is 22.1. The third kappa shape index (κ3) is 4.01. The highest BCUT2D eigenvalue weighted by atomic mass is 19.3. The van der Waals surface area contributed by atoms with Crippen LogP contribution in [0.3, 0.4) is 0 Å². The third-order valence-electron chi connectivity index (χ3n) is 5.60. The van der Waals surface area contributed by atoms with Gasteiger partial charge in [-0.1, -0.05) is 0 Å². The van der Waals surface area contributed by atoms with Crippen LogP contribution in [0, 0.1) is 5.82 Å². The van der Waals surface area contributed by atoms with Crippen LogP contribution in [-0.2, 0) is 0 Å². The molecule has 1 saturated heterocycles. The zero-order valence-corrected chi connectivity index (χ0v) is 17.2. The molecule has 9 nitrogen and oxygen atoms in total. The van der Waals surface area contributed by atoms with Gasteiger partial charge in [0.1, 0.15) is 5.69 Å². The van der Waals surface area contributed by atoms with Crippen LogP contribution >= 0.6 is 0 Å². The largest absolute Gasteiger partial charge is 0.511 e. The zero-order chi connectivity index (χ0) is 23.2. The van der Waals surface area contributed by atoms with Crippen molar-refractivity contribution in [2.75, 3.05) is 30.3 Å². The number of nitrogen functional groups attached to an aromatic ring is 1. The number of halogens is 3. The molecule has 1 aromatic carbocycles. The van der Waals surface area contributed by atoms with Crippen LogP contribution in [0.15, 0.2) is 11.0 Å². The van der Waals surface area contributed by atoms with Crippen molar-refractivity contribution in [1.29, 1.82) is 0 Å². The second kappa shape index (κ2) is 8.41. The van der Waals surface area contributed by atoms with Crippen LogP contribution in [0.5, 0.6) is 11.5 Å². The quantitative estimate of drug-likeness (QED) is 0.464. The summed E-state index contributed by atoms with van der Waals surface area (Å²) in [7, 11) is 0. The number of aromatic nitrogens is 1. The van der Waals surface area contributed by atoms with E-state index in [-0.39, 0.29) is 23.3 Å². The molecule has 2 aliphatic rings. The number of pyridine rings is 1. The number of benzene rings is 1. The molecule has 32 heavy (non-hydrogen) atoms. The lowest BCUT2D eigenvalue weighted by atomic mass is 10.1. The van der Waals surface area contributed by atoms with E-state index in [1.165, 1.54) is 4.57 Å². The van der Waals surface area contributed by atoms with E-state index in [0.29, 0.717) is 38.9 Å². The van der Waals surface area contributed by atoms with Gasteiger partial charge in [-0.05, 0) is 32.7 Å². The number of ether oxygens (including phenoxy) is 2. The minimum atomic E-state index is -3.29. The Morgan fingerprint density at radius 2 is 2.09 bits per heavy atom. The summed E-state index contributed by atoms with van der Waals surface area (Å²) in [6.45, 7) is -0.0951. The maximum Gasteiger partial charge on any atom is 0.511 e. The van der Waals surface area contributed by atoms with Crippen molar-refractivity contribution in [3.05, 3.63) is 22.2 Å². The normalized spacial score (nSPS) is 19.3. The molecule has 1 aliphatic heterocycles. The Morgan fingerprint density at radius 3 is 2.72 bits per heavy atom. The first-order valence-electron chi connectivity index (χ1n) is 10.2. The number of nitrogens with one attached hydrogen (secondary N) is 1. The van der Waals surface area contributed by atoms with Gasteiger partial charge in [-0.25, -0.2) is 9.18 Å².